The van der Waals surface area contributed by atoms with Gasteiger partial charge in [-0.15, -0.1) is 12.4 Å². The Balaban J connectivity index is 0.00000220. The van der Waals surface area contributed by atoms with Gasteiger partial charge in [0, 0.05) is 31.3 Å². The van der Waals surface area contributed by atoms with Crippen molar-refractivity contribution in [2.45, 2.75) is 37.8 Å². The molecule has 1 saturated carbocycles. The van der Waals surface area contributed by atoms with E-state index in [0.717, 1.165) is 31.2 Å². The number of rotatable bonds is 5. The zero-order valence-corrected chi connectivity index (χ0v) is 13.4. The number of hydrogen-bond acceptors (Lipinski definition) is 4. The first kappa shape index (κ1) is 17.9. The van der Waals surface area contributed by atoms with Crippen LogP contribution in [0, 0.1) is 5.92 Å². The SMILES string of the molecule is CNC(C(=O)NCC1CCCCC1O)c1cnn(C)c1.Cl. The van der Waals surface area contributed by atoms with E-state index in [0.29, 0.717) is 6.54 Å². The largest absolute Gasteiger partial charge is 0.393 e. The van der Waals surface area contributed by atoms with E-state index in [9.17, 15) is 9.90 Å². The van der Waals surface area contributed by atoms with Crippen molar-refractivity contribution in [1.29, 1.82) is 0 Å². The van der Waals surface area contributed by atoms with Crippen LogP contribution in [0.4, 0.5) is 0 Å². The number of aromatic nitrogens is 2. The van der Waals surface area contributed by atoms with Gasteiger partial charge in [-0.2, -0.15) is 5.10 Å². The Kier molecular flexibility index (Phi) is 7.14. The van der Waals surface area contributed by atoms with Crippen LogP contribution in [-0.4, -0.2) is 40.5 Å². The molecule has 2 rings (SSSR count). The number of halogens is 1. The molecule has 0 aliphatic heterocycles. The molecule has 3 atom stereocenters. The van der Waals surface area contributed by atoms with E-state index >= 15 is 0 Å². The normalized spacial score (nSPS) is 23.2. The Morgan fingerprint density at radius 3 is 2.81 bits per heavy atom. The lowest BCUT2D eigenvalue weighted by atomic mass is 9.86. The summed E-state index contributed by atoms with van der Waals surface area (Å²) in [6.07, 6.45) is 7.29. The van der Waals surface area contributed by atoms with Crippen LogP contribution < -0.4 is 10.6 Å². The minimum Gasteiger partial charge on any atom is -0.393 e. The van der Waals surface area contributed by atoms with Gasteiger partial charge in [-0.05, 0) is 19.9 Å². The molecule has 0 bridgehead atoms. The maximum Gasteiger partial charge on any atom is 0.241 e. The van der Waals surface area contributed by atoms with Gasteiger partial charge in [-0.3, -0.25) is 9.48 Å². The molecule has 0 saturated heterocycles. The van der Waals surface area contributed by atoms with Crippen LogP contribution in [-0.2, 0) is 11.8 Å². The van der Waals surface area contributed by atoms with E-state index in [1.54, 1.807) is 17.9 Å². The van der Waals surface area contributed by atoms with E-state index in [1.165, 1.54) is 0 Å². The number of aryl methyl sites for hydroxylation is 1. The van der Waals surface area contributed by atoms with Gasteiger partial charge in [0.1, 0.15) is 6.04 Å². The van der Waals surface area contributed by atoms with Gasteiger partial charge in [0.25, 0.3) is 0 Å². The summed E-state index contributed by atoms with van der Waals surface area (Å²) in [6.45, 7) is 0.540. The molecule has 0 aromatic carbocycles. The van der Waals surface area contributed by atoms with Crippen molar-refractivity contribution in [3.05, 3.63) is 18.0 Å². The summed E-state index contributed by atoms with van der Waals surface area (Å²) in [7, 11) is 3.58. The highest BCUT2D eigenvalue weighted by Crippen LogP contribution is 2.23. The maximum atomic E-state index is 12.2. The number of nitrogens with one attached hydrogen (secondary N) is 2. The summed E-state index contributed by atoms with van der Waals surface area (Å²) >= 11 is 0. The summed E-state index contributed by atoms with van der Waals surface area (Å²) in [6, 6.07) is -0.399. The molecule has 21 heavy (non-hydrogen) atoms. The van der Waals surface area contributed by atoms with Crippen molar-refractivity contribution < 1.29 is 9.90 Å². The first-order valence-corrected chi connectivity index (χ1v) is 7.23. The van der Waals surface area contributed by atoms with Crippen molar-refractivity contribution in [2.24, 2.45) is 13.0 Å². The molecule has 1 aromatic rings. The van der Waals surface area contributed by atoms with E-state index in [1.807, 2.05) is 13.2 Å². The van der Waals surface area contributed by atoms with Crippen molar-refractivity contribution >= 4 is 18.3 Å². The number of amides is 1. The fraction of sp³-hybridized carbons (Fsp3) is 0.714. The quantitative estimate of drug-likeness (QED) is 0.749. The molecule has 0 spiro atoms. The van der Waals surface area contributed by atoms with Gasteiger partial charge in [0.05, 0.1) is 12.3 Å². The number of hydrogen-bond donors (Lipinski definition) is 3. The average Bonchev–Trinajstić information content (AvgIpc) is 2.85. The number of carbonyl (C=O) groups is 1. The molecule has 1 aliphatic carbocycles. The molecular formula is C14H25ClN4O2. The minimum atomic E-state index is -0.399. The summed E-state index contributed by atoms with van der Waals surface area (Å²) < 4.78 is 1.68. The number of likely N-dealkylation sites (N-methyl/N-ethyl adjacent to an activating group) is 1. The van der Waals surface area contributed by atoms with Crippen LogP contribution in [0.2, 0.25) is 0 Å². The molecule has 7 heteroatoms. The van der Waals surface area contributed by atoms with Gasteiger partial charge in [-0.25, -0.2) is 0 Å². The molecule has 0 radical (unpaired) electrons. The highest BCUT2D eigenvalue weighted by Gasteiger charge is 2.25. The van der Waals surface area contributed by atoms with Crippen LogP contribution in [0.15, 0.2) is 12.4 Å². The van der Waals surface area contributed by atoms with Crippen molar-refractivity contribution in [3.63, 3.8) is 0 Å². The zero-order valence-electron chi connectivity index (χ0n) is 12.6. The molecule has 3 N–H and O–H groups in total. The predicted molar refractivity (Wildman–Crippen MR) is 83.2 cm³/mol. The Labute approximate surface area is 131 Å². The second-order valence-electron chi connectivity index (χ2n) is 5.53. The number of aliphatic hydroxyl groups is 1. The Hall–Kier alpha value is -1.11. The van der Waals surface area contributed by atoms with E-state index in [-0.39, 0.29) is 30.3 Å². The van der Waals surface area contributed by atoms with E-state index in [4.69, 9.17) is 0 Å². The second-order valence-corrected chi connectivity index (χ2v) is 5.53. The maximum absolute atomic E-state index is 12.2. The van der Waals surface area contributed by atoms with Crippen LogP contribution in [0.5, 0.6) is 0 Å². The van der Waals surface area contributed by atoms with Gasteiger partial charge in [0.2, 0.25) is 5.91 Å². The topological polar surface area (TPSA) is 79.2 Å². The number of nitrogens with zero attached hydrogens (tertiary/aromatic N) is 2. The lowest BCUT2D eigenvalue weighted by molar-refractivity contribution is -0.123. The summed E-state index contributed by atoms with van der Waals surface area (Å²) in [5, 5.41) is 19.9. The van der Waals surface area contributed by atoms with Gasteiger partial charge >= 0.3 is 0 Å². The predicted octanol–water partition coefficient (Wildman–Crippen LogP) is 0.770. The molecule has 120 valence electrons. The Morgan fingerprint density at radius 2 is 2.24 bits per heavy atom. The van der Waals surface area contributed by atoms with Crippen LogP contribution in [0.3, 0.4) is 0 Å². The van der Waals surface area contributed by atoms with Crippen LogP contribution in [0.1, 0.15) is 37.3 Å². The molecule has 1 heterocycles. The van der Waals surface area contributed by atoms with Crippen LogP contribution >= 0.6 is 12.4 Å². The molecule has 6 nitrogen and oxygen atoms in total. The van der Waals surface area contributed by atoms with Crippen molar-refractivity contribution in [1.82, 2.24) is 20.4 Å². The number of carbonyl (C=O) groups excluding carboxylic acids is 1. The third kappa shape index (κ3) is 4.69. The third-order valence-electron chi connectivity index (χ3n) is 4.02. The monoisotopic (exact) mass is 316 g/mol. The Morgan fingerprint density at radius 1 is 1.52 bits per heavy atom. The van der Waals surface area contributed by atoms with E-state index in [2.05, 4.69) is 15.7 Å². The Bertz CT molecular complexity index is 452. The fourth-order valence-corrected chi connectivity index (χ4v) is 2.80. The van der Waals surface area contributed by atoms with Gasteiger partial charge in [-0.1, -0.05) is 12.8 Å². The molecule has 1 aliphatic rings. The lowest BCUT2D eigenvalue weighted by Gasteiger charge is -2.28. The summed E-state index contributed by atoms with van der Waals surface area (Å²) in [4.78, 5) is 12.2. The highest BCUT2D eigenvalue weighted by molar-refractivity contribution is 5.85. The molecular weight excluding hydrogens is 292 g/mol. The fourth-order valence-electron chi connectivity index (χ4n) is 2.80. The second kappa shape index (κ2) is 8.36. The zero-order chi connectivity index (χ0) is 14.5. The highest BCUT2D eigenvalue weighted by atomic mass is 35.5. The smallest absolute Gasteiger partial charge is 0.241 e. The molecule has 3 unspecified atom stereocenters. The van der Waals surface area contributed by atoms with Gasteiger partial charge < -0.3 is 15.7 Å². The standard InChI is InChI=1S/C14H24N4O2.ClH/c1-15-13(11-8-17-18(2)9-11)14(20)16-7-10-5-3-4-6-12(10)19;/h8-10,12-13,15,19H,3-7H2,1-2H3,(H,16,20);1H. The summed E-state index contributed by atoms with van der Waals surface area (Å²) in [5.41, 5.74) is 0.844. The first-order chi connectivity index (χ1) is 9.61. The minimum absolute atomic E-state index is 0. The van der Waals surface area contributed by atoms with E-state index < -0.39 is 6.04 Å². The van der Waals surface area contributed by atoms with Crippen LogP contribution in [0.25, 0.3) is 0 Å². The molecule has 1 amide bonds. The van der Waals surface area contributed by atoms with Gasteiger partial charge in [0.15, 0.2) is 0 Å². The lowest BCUT2D eigenvalue weighted by Crippen LogP contribution is -2.41. The summed E-state index contributed by atoms with van der Waals surface area (Å²) in [5.74, 6) is 0.109. The molecule has 1 aromatic heterocycles. The van der Waals surface area contributed by atoms with Crippen molar-refractivity contribution in [2.75, 3.05) is 13.6 Å². The first-order valence-electron chi connectivity index (χ1n) is 7.23. The average molecular weight is 317 g/mol. The third-order valence-corrected chi connectivity index (χ3v) is 4.02. The molecule has 1 fully saturated rings. The number of aliphatic hydroxyl groups excluding tert-OH is 1. The van der Waals surface area contributed by atoms with Crippen molar-refractivity contribution in [3.8, 4) is 0 Å².